The number of halogens is 2. The summed E-state index contributed by atoms with van der Waals surface area (Å²) in [5, 5.41) is 12.7. The van der Waals surface area contributed by atoms with Crippen molar-refractivity contribution in [2.75, 3.05) is 5.32 Å². The Balaban J connectivity index is 2.09. The second-order valence-electron chi connectivity index (χ2n) is 3.78. The molecule has 0 amide bonds. The number of anilines is 1. The van der Waals surface area contributed by atoms with E-state index in [1.54, 1.807) is 12.1 Å². The fourth-order valence-corrected chi connectivity index (χ4v) is 2.35. The van der Waals surface area contributed by atoms with Gasteiger partial charge >= 0.3 is 0 Å². The molecule has 18 heavy (non-hydrogen) atoms. The maximum absolute atomic E-state index is 8.77. The number of benzene rings is 2. The first kappa shape index (κ1) is 13.2. The van der Waals surface area contributed by atoms with E-state index >= 15 is 0 Å². The van der Waals surface area contributed by atoms with E-state index in [0.717, 1.165) is 11.3 Å². The van der Waals surface area contributed by atoms with Gasteiger partial charge in [-0.15, -0.1) is 0 Å². The van der Waals surface area contributed by atoms with Crippen molar-refractivity contribution < 1.29 is 0 Å². The van der Waals surface area contributed by atoms with Crippen LogP contribution in [0.15, 0.2) is 42.5 Å². The molecule has 2 aromatic rings. The highest BCUT2D eigenvalue weighted by atomic mass is 127. The number of nitrogens with zero attached hydrogens (tertiary/aromatic N) is 1. The minimum absolute atomic E-state index is 0.581. The van der Waals surface area contributed by atoms with Crippen LogP contribution in [0.1, 0.15) is 11.1 Å². The summed E-state index contributed by atoms with van der Waals surface area (Å²) in [6.07, 6.45) is 0. The molecule has 2 rings (SSSR count). The van der Waals surface area contributed by atoms with Crippen molar-refractivity contribution in [1.29, 1.82) is 5.26 Å². The van der Waals surface area contributed by atoms with Crippen LogP contribution < -0.4 is 5.32 Å². The molecule has 0 unspecified atom stereocenters. The average Bonchev–Trinajstić information content (AvgIpc) is 2.37. The van der Waals surface area contributed by atoms with Gasteiger partial charge in [0.2, 0.25) is 0 Å². The fourth-order valence-electron chi connectivity index (χ4n) is 1.56. The second-order valence-corrected chi connectivity index (χ2v) is 5.43. The van der Waals surface area contributed by atoms with Gasteiger partial charge in [-0.25, -0.2) is 0 Å². The van der Waals surface area contributed by atoms with E-state index in [4.69, 9.17) is 16.9 Å². The minimum atomic E-state index is 0.581. The summed E-state index contributed by atoms with van der Waals surface area (Å²) in [6, 6.07) is 15.5. The van der Waals surface area contributed by atoms with Crippen LogP contribution in [0.2, 0.25) is 5.02 Å². The summed E-state index contributed by atoms with van der Waals surface area (Å²) in [5.41, 5.74) is 2.62. The van der Waals surface area contributed by atoms with Crippen molar-refractivity contribution >= 4 is 39.9 Å². The predicted octanol–water partition coefficient (Wildman–Crippen LogP) is 4.43. The molecule has 0 fully saturated rings. The topological polar surface area (TPSA) is 35.8 Å². The smallest absolute Gasteiger partial charge is 0.0992 e. The standard InChI is InChI=1S/C14H10ClIN2/c15-14-6-10(8-17)4-5-11(14)9-18-13-3-1-2-12(16)7-13/h1-7,18H,9H2. The van der Waals surface area contributed by atoms with Crippen LogP contribution in [0, 0.1) is 14.9 Å². The molecule has 0 aliphatic carbocycles. The lowest BCUT2D eigenvalue weighted by molar-refractivity contribution is 1.15. The SMILES string of the molecule is N#Cc1ccc(CNc2cccc(I)c2)c(Cl)c1. The molecule has 0 spiro atoms. The average molecular weight is 369 g/mol. The number of nitrogens with one attached hydrogen (secondary N) is 1. The van der Waals surface area contributed by atoms with Crippen molar-refractivity contribution in [3.63, 3.8) is 0 Å². The van der Waals surface area contributed by atoms with Crippen molar-refractivity contribution in [1.82, 2.24) is 0 Å². The molecule has 0 aromatic heterocycles. The highest BCUT2D eigenvalue weighted by molar-refractivity contribution is 14.1. The molecule has 90 valence electrons. The van der Waals surface area contributed by atoms with E-state index in [2.05, 4.69) is 40.0 Å². The van der Waals surface area contributed by atoms with Crippen LogP contribution in [0.25, 0.3) is 0 Å². The Labute approximate surface area is 125 Å². The van der Waals surface area contributed by atoms with Gasteiger partial charge in [0.1, 0.15) is 0 Å². The van der Waals surface area contributed by atoms with E-state index in [9.17, 15) is 0 Å². The quantitative estimate of drug-likeness (QED) is 0.814. The van der Waals surface area contributed by atoms with Crippen molar-refractivity contribution in [2.24, 2.45) is 0 Å². The Bertz CT molecular complexity index is 605. The molecule has 0 saturated heterocycles. The first-order valence-corrected chi connectivity index (χ1v) is 6.82. The molecule has 0 aliphatic rings. The number of rotatable bonds is 3. The fraction of sp³-hybridized carbons (Fsp3) is 0.0714. The molecular formula is C14H10ClIN2. The Kier molecular flexibility index (Phi) is 4.45. The zero-order valence-corrected chi connectivity index (χ0v) is 12.4. The lowest BCUT2D eigenvalue weighted by atomic mass is 10.1. The van der Waals surface area contributed by atoms with E-state index in [0.29, 0.717) is 17.1 Å². The second kappa shape index (κ2) is 6.07. The van der Waals surface area contributed by atoms with Crippen LogP contribution >= 0.6 is 34.2 Å². The van der Waals surface area contributed by atoms with Crippen molar-refractivity contribution in [3.8, 4) is 6.07 Å². The summed E-state index contributed by atoms with van der Waals surface area (Å²) in [7, 11) is 0. The summed E-state index contributed by atoms with van der Waals surface area (Å²) in [6.45, 7) is 0.643. The summed E-state index contributed by atoms with van der Waals surface area (Å²) >= 11 is 8.39. The predicted molar refractivity (Wildman–Crippen MR) is 82.7 cm³/mol. The molecule has 0 atom stereocenters. The van der Waals surface area contributed by atoms with Gasteiger partial charge in [0.25, 0.3) is 0 Å². The minimum Gasteiger partial charge on any atom is -0.381 e. The van der Waals surface area contributed by atoms with Crippen LogP contribution in [0.4, 0.5) is 5.69 Å². The number of hydrogen-bond acceptors (Lipinski definition) is 2. The monoisotopic (exact) mass is 368 g/mol. The number of nitriles is 1. The van der Waals surface area contributed by atoms with E-state index < -0.39 is 0 Å². The molecule has 2 aromatic carbocycles. The van der Waals surface area contributed by atoms with Crippen molar-refractivity contribution in [2.45, 2.75) is 6.54 Å². The molecule has 2 nitrogen and oxygen atoms in total. The Hall–Kier alpha value is -1.25. The molecular weight excluding hydrogens is 359 g/mol. The molecule has 4 heteroatoms. The van der Waals surface area contributed by atoms with Crippen LogP contribution in [0.3, 0.4) is 0 Å². The van der Waals surface area contributed by atoms with Crippen molar-refractivity contribution in [3.05, 3.63) is 62.2 Å². The van der Waals surface area contributed by atoms with Gasteiger partial charge in [0, 0.05) is 20.8 Å². The lowest BCUT2D eigenvalue weighted by Gasteiger charge is -2.08. The van der Waals surface area contributed by atoms with Gasteiger partial charge in [-0.2, -0.15) is 5.26 Å². The Morgan fingerprint density at radius 3 is 2.72 bits per heavy atom. The molecule has 0 heterocycles. The third-order valence-corrected chi connectivity index (χ3v) is 3.51. The van der Waals surface area contributed by atoms with Crippen LogP contribution in [-0.2, 0) is 6.54 Å². The zero-order valence-electron chi connectivity index (χ0n) is 9.45. The zero-order chi connectivity index (χ0) is 13.0. The third-order valence-electron chi connectivity index (χ3n) is 2.49. The summed E-state index contributed by atoms with van der Waals surface area (Å²) in [4.78, 5) is 0. The Morgan fingerprint density at radius 2 is 2.06 bits per heavy atom. The van der Waals surface area contributed by atoms with Gasteiger partial charge in [-0.05, 0) is 58.5 Å². The molecule has 0 bridgehead atoms. The molecule has 0 aliphatic heterocycles. The van der Waals surface area contributed by atoms with E-state index in [1.807, 2.05) is 24.3 Å². The van der Waals surface area contributed by atoms with Gasteiger partial charge < -0.3 is 5.32 Å². The number of hydrogen-bond donors (Lipinski definition) is 1. The first-order chi connectivity index (χ1) is 8.69. The highest BCUT2D eigenvalue weighted by Gasteiger charge is 2.02. The molecule has 1 N–H and O–H groups in total. The van der Waals surface area contributed by atoms with E-state index in [1.165, 1.54) is 3.57 Å². The maximum atomic E-state index is 8.77. The normalized spacial score (nSPS) is 9.83. The third kappa shape index (κ3) is 3.37. The van der Waals surface area contributed by atoms with Gasteiger partial charge in [0.15, 0.2) is 0 Å². The summed E-state index contributed by atoms with van der Waals surface area (Å²) in [5.74, 6) is 0. The van der Waals surface area contributed by atoms with Gasteiger partial charge in [-0.3, -0.25) is 0 Å². The molecule has 0 saturated carbocycles. The maximum Gasteiger partial charge on any atom is 0.0992 e. The first-order valence-electron chi connectivity index (χ1n) is 5.37. The highest BCUT2D eigenvalue weighted by Crippen LogP contribution is 2.20. The van der Waals surface area contributed by atoms with Crippen LogP contribution in [0.5, 0.6) is 0 Å². The molecule has 0 radical (unpaired) electrons. The largest absolute Gasteiger partial charge is 0.381 e. The Morgan fingerprint density at radius 1 is 1.22 bits per heavy atom. The van der Waals surface area contributed by atoms with E-state index in [-0.39, 0.29) is 0 Å². The van der Waals surface area contributed by atoms with Gasteiger partial charge in [0.05, 0.1) is 11.6 Å². The summed E-state index contributed by atoms with van der Waals surface area (Å²) < 4.78 is 1.18. The van der Waals surface area contributed by atoms with Gasteiger partial charge in [-0.1, -0.05) is 23.7 Å². The van der Waals surface area contributed by atoms with Crippen LogP contribution in [-0.4, -0.2) is 0 Å². The lowest BCUT2D eigenvalue weighted by Crippen LogP contribution is -2.00.